The van der Waals surface area contributed by atoms with Gasteiger partial charge in [0.05, 0.1) is 12.7 Å². The standard InChI is InChI=1S/C20H33N3O2/c1-17-13-22(9-10-23(17)11-12-25-2)16-20(24)15-21-8-7-18-5-3-4-6-19(18)14-21/h3-6,17,20,24H,7-16H2,1-2H3/t17-,20-/m0/s1. The van der Waals surface area contributed by atoms with Gasteiger partial charge in [0.1, 0.15) is 0 Å². The van der Waals surface area contributed by atoms with E-state index in [-0.39, 0.29) is 6.10 Å². The van der Waals surface area contributed by atoms with Crippen molar-refractivity contribution in [1.82, 2.24) is 14.7 Å². The molecule has 1 aromatic carbocycles. The third-order valence-electron chi connectivity index (χ3n) is 5.58. The Kier molecular flexibility index (Phi) is 6.84. The van der Waals surface area contributed by atoms with Crippen molar-refractivity contribution in [3.8, 4) is 0 Å². The second-order valence-corrected chi connectivity index (χ2v) is 7.55. The lowest BCUT2D eigenvalue weighted by Gasteiger charge is -2.41. The number of hydrogen-bond acceptors (Lipinski definition) is 5. The summed E-state index contributed by atoms with van der Waals surface area (Å²) in [5, 5.41) is 10.6. The first-order valence-electron chi connectivity index (χ1n) is 9.58. The van der Waals surface area contributed by atoms with Gasteiger partial charge in [-0.25, -0.2) is 0 Å². The lowest BCUT2D eigenvalue weighted by molar-refractivity contribution is 0.0216. The lowest BCUT2D eigenvalue weighted by Crippen LogP contribution is -2.54. The van der Waals surface area contributed by atoms with Gasteiger partial charge >= 0.3 is 0 Å². The zero-order valence-corrected chi connectivity index (χ0v) is 15.7. The fraction of sp³-hybridized carbons (Fsp3) is 0.700. The number of hydrogen-bond donors (Lipinski definition) is 1. The quantitative estimate of drug-likeness (QED) is 0.799. The minimum atomic E-state index is -0.275. The van der Waals surface area contributed by atoms with E-state index < -0.39 is 0 Å². The summed E-state index contributed by atoms with van der Waals surface area (Å²) in [6, 6.07) is 9.21. The molecule has 0 aromatic heterocycles. The van der Waals surface area contributed by atoms with Gasteiger partial charge in [0, 0.05) is 65.5 Å². The molecule has 2 aliphatic rings. The van der Waals surface area contributed by atoms with Crippen molar-refractivity contribution >= 4 is 0 Å². The van der Waals surface area contributed by atoms with Crippen molar-refractivity contribution < 1.29 is 9.84 Å². The van der Waals surface area contributed by atoms with Gasteiger partial charge in [-0.2, -0.15) is 0 Å². The molecule has 1 N–H and O–H groups in total. The number of ether oxygens (including phenoxy) is 1. The molecular formula is C20H33N3O2. The average molecular weight is 348 g/mol. The molecule has 0 amide bonds. The van der Waals surface area contributed by atoms with Gasteiger partial charge in [-0.1, -0.05) is 24.3 Å². The van der Waals surface area contributed by atoms with Crippen LogP contribution in [0, 0.1) is 0 Å². The van der Waals surface area contributed by atoms with Crippen LogP contribution < -0.4 is 0 Å². The van der Waals surface area contributed by atoms with E-state index in [4.69, 9.17) is 4.74 Å². The van der Waals surface area contributed by atoms with Crippen molar-refractivity contribution in [3.05, 3.63) is 35.4 Å². The maximum absolute atomic E-state index is 10.6. The molecule has 25 heavy (non-hydrogen) atoms. The number of nitrogens with zero attached hydrogens (tertiary/aromatic N) is 3. The second-order valence-electron chi connectivity index (χ2n) is 7.55. The maximum Gasteiger partial charge on any atom is 0.0793 e. The molecule has 140 valence electrons. The number of piperazine rings is 1. The molecule has 0 bridgehead atoms. The van der Waals surface area contributed by atoms with Gasteiger partial charge in [-0.05, 0) is 24.5 Å². The summed E-state index contributed by atoms with van der Waals surface area (Å²) in [6.07, 6.45) is 0.820. The number of aliphatic hydroxyl groups is 1. The lowest BCUT2D eigenvalue weighted by atomic mass is 10.00. The highest BCUT2D eigenvalue weighted by Crippen LogP contribution is 2.19. The van der Waals surface area contributed by atoms with Crippen molar-refractivity contribution in [2.24, 2.45) is 0 Å². The normalized spacial score (nSPS) is 24.2. The molecule has 0 spiro atoms. The molecule has 0 aliphatic carbocycles. The molecule has 1 aromatic rings. The Balaban J connectivity index is 1.42. The van der Waals surface area contributed by atoms with E-state index in [2.05, 4.69) is 45.9 Å². The zero-order valence-electron chi connectivity index (χ0n) is 15.7. The number of β-amino-alcohol motifs (C(OH)–C–C–N with tert-alkyl or cyclic N) is 1. The maximum atomic E-state index is 10.6. The fourth-order valence-corrected chi connectivity index (χ4v) is 4.14. The van der Waals surface area contributed by atoms with Crippen LogP contribution in [0.5, 0.6) is 0 Å². The van der Waals surface area contributed by atoms with Gasteiger partial charge in [-0.15, -0.1) is 0 Å². The van der Waals surface area contributed by atoms with Crippen molar-refractivity contribution in [1.29, 1.82) is 0 Å². The summed E-state index contributed by atoms with van der Waals surface area (Å²) in [4.78, 5) is 7.29. The Morgan fingerprint density at radius 1 is 1.12 bits per heavy atom. The van der Waals surface area contributed by atoms with Gasteiger partial charge in [-0.3, -0.25) is 14.7 Å². The van der Waals surface area contributed by atoms with Gasteiger partial charge in [0.2, 0.25) is 0 Å². The first-order valence-corrected chi connectivity index (χ1v) is 9.58. The molecule has 3 rings (SSSR count). The Bertz CT molecular complexity index is 539. The summed E-state index contributed by atoms with van der Waals surface area (Å²) in [6.45, 7) is 10.8. The number of benzene rings is 1. The third kappa shape index (κ3) is 5.25. The summed E-state index contributed by atoms with van der Waals surface area (Å²) in [5.74, 6) is 0. The van der Waals surface area contributed by atoms with Gasteiger partial charge in [0.25, 0.3) is 0 Å². The molecule has 2 atom stereocenters. The molecular weight excluding hydrogens is 314 g/mol. The van der Waals surface area contributed by atoms with E-state index in [1.807, 2.05) is 0 Å². The van der Waals surface area contributed by atoms with Crippen molar-refractivity contribution in [2.75, 3.05) is 59.5 Å². The van der Waals surface area contributed by atoms with E-state index in [1.54, 1.807) is 7.11 Å². The van der Waals surface area contributed by atoms with Crippen LogP contribution in [0.4, 0.5) is 0 Å². The molecule has 2 heterocycles. The highest BCUT2D eigenvalue weighted by atomic mass is 16.5. The average Bonchev–Trinajstić information content (AvgIpc) is 2.61. The summed E-state index contributed by atoms with van der Waals surface area (Å²) >= 11 is 0. The minimum Gasteiger partial charge on any atom is -0.390 e. The van der Waals surface area contributed by atoms with E-state index >= 15 is 0 Å². The van der Waals surface area contributed by atoms with E-state index in [1.165, 1.54) is 11.1 Å². The molecule has 2 aliphatic heterocycles. The second kappa shape index (κ2) is 9.10. The van der Waals surface area contributed by atoms with Crippen LogP contribution in [0.15, 0.2) is 24.3 Å². The Morgan fingerprint density at radius 3 is 2.64 bits per heavy atom. The predicted molar refractivity (Wildman–Crippen MR) is 101 cm³/mol. The topological polar surface area (TPSA) is 39.2 Å². The van der Waals surface area contributed by atoms with Crippen LogP contribution in [0.25, 0.3) is 0 Å². The minimum absolute atomic E-state index is 0.275. The number of rotatable bonds is 7. The summed E-state index contributed by atoms with van der Waals surface area (Å²) in [7, 11) is 1.76. The van der Waals surface area contributed by atoms with Crippen LogP contribution in [0.2, 0.25) is 0 Å². The van der Waals surface area contributed by atoms with Gasteiger partial charge in [0.15, 0.2) is 0 Å². The van der Waals surface area contributed by atoms with E-state index in [9.17, 15) is 5.11 Å². The highest BCUT2D eigenvalue weighted by Gasteiger charge is 2.25. The molecule has 1 saturated heterocycles. The van der Waals surface area contributed by atoms with Crippen LogP contribution in [-0.4, -0.2) is 91.5 Å². The Morgan fingerprint density at radius 2 is 1.88 bits per heavy atom. The third-order valence-corrected chi connectivity index (χ3v) is 5.58. The molecule has 5 nitrogen and oxygen atoms in total. The fourth-order valence-electron chi connectivity index (χ4n) is 4.14. The molecule has 0 unspecified atom stereocenters. The number of aliphatic hydroxyl groups excluding tert-OH is 1. The number of methoxy groups -OCH3 is 1. The van der Waals surface area contributed by atoms with Crippen molar-refractivity contribution in [3.63, 3.8) is 0 Å². The first kappa shape index (κ1) is 18.8. The Labute approximate surface area is 152 Å². The summed E-state index contributed by atoms with van der Waals surface area (Å²) in [5.41, 5.74) is 2.88. The van der Waals surface area contributed by atoms with Crippen LogP contribution in [-0.2, 0) is 17.7 Å². The zero-order chi connectivity index (χ0) is 17.6. The predicted octanol–water partition coefficient (Wildman–Crippen LogP) is 1.06. The van der Waals surface area contributed by atoms with Crippen LogP contribution in [0.1, 0.15) is 18.1 Å². The molecule has 1 fully saturated rings. The van der Waals surface area contributed by atoms with E-state index in [0.717, 1.165) is 65.4 Å². The SMILES string of the molecule is COCCN1CCN(C[C@@H](O)CN2CCc3ccccc3C2)C[C@@H]1C. The highest BCUT2D eigenvalue weighted by molar-refractivity contribution is 5.29. The largest absolute Gasteiger partial charge is 0.390 e. The Hall–Kier alpha value is -0.980. The molecule has 5 heteroatoms. The van der Waals surface area contributed by atoms with Crippen LogP contribution in [0.3, 0.4) is 0 Å². The van der Waals surface area contributed by atoms with Gasteiger partial charge < -0.3 is 9.84 Å². The number of fused-ring (bicyclic) bond motifs is 1. The smallest absolute Gasteiger partial charge is 0.0793 e. The summed E-state index contributed by atoms with van der Waals surface area (Å²) < 4.78 is 5.19. The van der Waals surface area contributed by atoms with Crippen LogP contribution >= 0.6 is 0 Å². The van der Waals surface area contributed by atoms with Crippen molar-refractivity contribution in [2.45, 2.75) is 32.0 Å². The molecule has 0 saturated carbocycles. The first-order chi connectivity index (χ1) is 12.2. The molecule has 0 radical (unpaired) electrons. The van der Waals surface area contributed by atoms with E-state index in [0.29, 0.717) is 6.04 Å². The monoisotopic (exact) mass is 347 g/mol.